The fourth-order valence-electron chi connectivity index (χ4n) is 4.05. The van der Waals surface area contributed by atoms with Gasteiger partial charge in [-0.3, -0.25) is 13.9 Å². The van der Waals surface area contributed by atoms with E-state index in [4.69, 9.17) is 21.1 Å². The number of anilines is 1. The van der Waals surface area contributed by atoms with E-state index >= 15 is 0 Å². The van der Waals surface area contributed by atoms with Crippen LogP contribution in [0.5, 0.6) is 11.5 Å². The van der Waals surface area contributed by atoms with Crippen LogP contribution in [0.15, 0.2) is 77.7 Å². The molecule has 0 aliphatic rings. The summed E-state index contributed by atoms with van der Waals surface area (Å²) in [7, 11) is -1.30. The minimum atomic E-state index is -4.20. The smallest absolute Gasteiger partial charge is 0.264 e. The molecule has 214 valence electrons. The quantitative estimate of drug-likeness (QED) is 0.335. The van der Waals surface area contributed by atoms with E-state index in [-0.39, 0.29) is 29.1 Å². The SMILES string of the molecule is COc1ccc(N(CC(=O)N(Cc2cccc(Cl)c2)C(C)C(=O)NC(C)C)S(=O)(=O)c2ccccc2)cc1OC. The molecule has 1 N–H and O–H groups in total. The third kappa shape index (κ3) is 7.45. The van der Waals surface area contributed by atoms with Crippen LogP contribution in [0, 0.1) is 0 Å². The monoisotopic (exact) mass is 587 g/mol. The molecular weight excluding hydrogens is 554 g/mol. The normalized spacial score (nSPS) is 12.0. The largest absolute Gasteiger partial charge is 0.493 e. The molecule has 0 heterocycles. The number of halogens is 1. The molecule has 2 amide bonds. The molecule has 0 saturated carbocycles. The Bertz CT molecular complexity index is 1430. The molecule has 3 aromatic carbocycles. The molecule has 9 nitrogen and oxygen atoms in total. The number of methoxy groups -OCH3 is 2. The number of ether oxygens (including phenoxy) is 2. The highest BCUT2D eigenvalue weighted by atomic mass is 35.5. The van der Waals surface area contributed by atoms with E-state index in [0.29, 0.717) is 22.1 Å². The van der Waals surface area contributed by atoms with E-state index in [0.717, 1.165) is 4.31 Å². The molecule has 0 aromatic heterocycles. The van der Waals surface area contributed by atoms with Gasteiger partial charge in [-0.2, -0.15) is 0 Å². The molecule has 0 fully saturated rings. The number of carbonyl (C=O) groups excluding carboxylic acids is 2. The summed E-state index contributed by atoms with van der Waals surface area (Å²) in [6.07, 6.45) is 0. The summed E-state index contributed by atoms with van der Waals surface area (Å²) in [6.45, 7) is 4.70. The second kappa shape index (κ2) is 13.5. The van der Waals surface area contributed by atoms with Crippen LogP contribution in [-0.4, -0.2) is 58.0 Å². The molecule has 0 aliphatic heterocycles. The van der Waals surface area contributed by atoms with E-state index < -0.39 is 28.5 Å². The Labute approximate surface area is 240 Å². The van der Waals surface area contributed by atoms with Gasteiger partial charge in [0.15, 0.2) is 11.5 Å². The Kier molecular flexibility index (Phi) is 10.4. The van der Waals surface area contributed by atoms with Crippen molar-refractivity contribution in [3.8, 4) is 11.5 Å². The van der Waals surface area contributed by atoms with Crippen molar-refractivity contribution in [1.29, 1.82) is 0 Å². The van der Waals surface area contributed by atoms with Gasteiger partial charge in [0.05, 0.1) is 24.8 Å². The number of amides is 2. The summed E-state index contributed by atoms with van der Waals surface area (Å²) >= 11 is 6.17. The van der Waals surface area contributed by atoms with Crippen molar-refractivity contribution in [3.63, 3.8) is 0 Å². The summed E-state index contributed by atoms with van der Waals surface area (Å²) in [5, 5.41) is 3.30. The van der Waals surface area contributed by atoms with Gasteiger partial charge in [-0.05, 0) is 62.7 Å². The standard InChI is InChI=1S/C29H34ClN3O6S/c1-20(2)31-29(35)21(3)32(18-22-10-9-11-23(30)16-22)28(34)19-33(40(36,37)25-12-7-6-8-13-25)24-14-15-26(38-4)27(17-24)39-5/h6-17,20-21H,18-19H2,1-5H3,(H,31,35). The van der Waals surface area contributed by atoms with E-state index in [2.05, 4.69) is 5.32 Å². The van der Waals surface area contributed by atoms with E-state index in [1.165, 1.54) is 43.4 Å². The molecule has 0 spiro atoms. The number of nitrogens with zero attached hydrogens (tertiary/aromatic N) is 2. The minimum Gasteiger partial charge on any atom is -0.493 e. The molecule has 3 aromatic rings. The van der Waals surface area contributed by atoms with Gasteiger partial charge >= 0.3 is 0 Å². The van der Waals surface area contributed by atoms with Gasteiger partial charge in [0.25, 0.3) is 10.0 Å². The molecule has 0 aliphatic carbocycles. The van der Waals surface area contributed by atoms with Gasteiger partial charge in [0.1, 0.15) is 12.6 Å². The second-order valence-electron chi connectivity index (χ2n) is 9.35. The molecule has 0 radical (unpaired) electrons. The lowest BCUT2D eigenvalue weighted by Gasteiger charge is -2.32. The average molecular weight is 588 g/mol. The number of hydrogen-bond donors (Lipinski definition) is 1. The Morgan fingerprint density at radius 2 is 1.57 bits per heavy atom. The summed E-state index contributed by atoms with van der Waals surface area (Å²) in [5.74, 6) is -0.257. The Hall–Kier alpha value is -3.76. The fourth-order valence-corrected chi connectivity index (χ4v) is 5.69. The summed E-state index contributed by atoms with van der Waals surface area (Å²) in [5.41, 5.74) is 0.880. The minimum absolute atomic E-state index is 0.00424. The van der Waals surface area contributed by atoms with E-state index in [9.17, 15) is 18.0 Å². The van der Waals surface area contributed by atoms with Crippen molar-refractivity contribution in [2.75, 3.05) is 25.1 Å². The predicted molar refractivity (Wildman–Crippen MR) is 155 cm³/mol. The lowest BCUT2D eigenvalue weighted by Crippen LogP contribution is -2.52. The Balaban J connectivity index is 2.08. The summed E-state index contributed by atoms with van der Waals surface area (Å²) < 4.78 is 39.5. The predicted octanol–water partition coefficient (Wildman–Crippen LogP) is 4.49. The van der Waals surface area contributed by atoms with Gasteiger partial charge in [-0.25, -0.2) is 8.42 Å². The molecular formula is C29H34ClN3O6S. The second-order valence-corrected chi connectivity index (χ2v) is 11.7. The molecule has 0 bridgehead atoms. The maximum absolute atomic E-state index is 14.0. The van der Waals surface area contributed by atoms with Crippen molar-refractivity contribution in [2.24, 2.45) is 0 Å². The zero-order valence-corrected chi connectivity index (χ0v) is 24.7. The topological polar surface area (TPSA) is 105 Å². The highest BCUT2D eigenvalue weighted by Crippen LogP contribution is 2.34. The first-order valence-electron chi connectivity index (χ1n) is 12.6. The van der Waals surface area contributed by atoms with Crippen LogP contribution in [0.3, 0.4) is 0 Å². The van der Waals surface area contributed by atoms with Crippen LogP contribution >= 0.6 is 11.6 Å². The van der Waals surface area contributed by atoms with Crippen LogP contribution in [0.1, 0.15) is 26.3 Å². The molecule has 40 heavy (non-hydrogen) atoms. The van der Waals surface area contributed by atoms with Crippen LogP contribution < -0.4 is 19.1 Å². The highest BCUT2D eigenvalue weighted by Gasteiger charge is 2.33. The maximum atomic E-state index is 14.0. The number of carbonyl (C=O) groups is 2. The Morgan fingerprint density at radius 1 is 0.900 bits per heavy atom. The summed E-state index contributed by atoms with van der Waals surface area (Å²) in [4.78, 5) is 28.3. The average Bonchev–Trinajstić information content (AvgIpc) is 2.93. The van der Waals surface area contributed by atoms with Crippen LogP contribution in [-0.2, 0) is 26.2 Å². The van der Waals surface area contributed by atoms with Gasteiger partial charge in [0, 0.05) is 23.7 Å². The van der Waals surface area contributed by atoms with Gasteiger partial charge < -0.3 is 19.7 Å². The number of rotatable bonds is 12. The Morgan fingerprint density at radius 3 is 2.17 bits per heavy atom. The van der Waals surface area contributed by atoms with Crippen molar-refractivity contribution in [2.45, 2.75) is 44.3 Å². The third-order valence-corrected chi connectivity index (χ3v) is 8.13. The van der Waals surface area contributed by atoms with Crippen molar-refractivity contribution >= 4 is 39.1 Å². The van der Waals surface area contributed by atoms with Gasteiger partial charge in [-0.15, -0.1) is 0 Å². The first-order chi connectivity index (χ1) is 19.0. The number of nitrogens with one attached hydrogen (secondary N) is 1. The lowest BCUT2D eigenvalue weighted by atomic mass is 10.1. The van der Waals surface area contributed by atoms with Crippen LogP contribution in [0.4, 0.5) is 5.69 Å². The van der Waals surface area contributed by atoms with Crippen LogP contribution in [0.25, 0.3) is 0 Å². The number of sulfonamides is 1. The third-order valence-electron chi connectivity index (χ3n) is 6.11. The molecule has 1 unspecified atom stereocenters. The molecule has 3 rings (SSSR count). The van der Waals surface area contributed by atoms with E-state index in [1.54, 1.807) is 55.5 Å². The van der Waals surface area contributed by atoms with Crippen molar-refractivity contribution in [1.82, 2.24) is 10.2 Å². The van der Waals surface area contributed by atoms with Crippen molar-refractivity contribution in [3.05, 3.63) is 83.4 Å². The maximum Gasteiger partial charge on any atom is 0.264 e. The highest BCUT2D eigenvalue weighted by molar-refractivity contribution is 7.92. The first-order valence-corrected chi connectivity index (χ1v) is 14.4. The fraction of sp³-hybridized carbons (Fsp3) is 0.310. The van der Waals surface area contributed by atoms with Crippen molar-refractivity contribution < 1.29 is 27.5 Å². The number of benzene rings is 3. The lowest BCUT2D eigenvalue weighted by molar-refractivity contribution is -0.139. The molecule has 0 saturated heterocycles. The van der Waals surface area contributed by atoms with Gasteiger partial charge in [0.2, 0.25) is 11.8 Å². The van der Waals surface area contributed by atoms with E-state index in [1.807, 2.05) is 13.8 Å². The zero-order valence-electron chi connectivity index (χ0n) is 23.1. The summed E-state index contributed by atoms with van der Waals surface area (Å²) in [6, 6.07) is 18.3. The first kappa shape index (κ1) is 30.8. The van der Waals surface area contributed by atoms with Crippen LogP contribution in [0.2, 0.25) is 5.02 Å². The molecule has 1 atom stereocenters. The molecule has 11 heteroatoms. The van der Waals surface area contributed by atoms with Gasteiger partial charge in [-0.1, -0.05) is 41.9 Å². The number of hydrogen-bond acceptors (Lipinski definition) is 6. The zero-order chi connectivity index (χ0) is 29.4.